The van der Waals surface area contributed by atoms with Crippen LogP contribution < -0.4 is 4.90 Å². The molecule has 0 saturated carbocycles. The number of hydrogen-bond donors (Lipinski definition) is 0. The Balaban J connectivity index is 1.90. The number of anilines is 1. The number of piperidine rings is 1. The monoisotopic (exact) mass is 269 g/mol. The van der Waals surface area contributed by atoms with Crippen LogP contribution in [0.2, 0.25) is 0 Å². The van der Waals surface area contributed by atoms with Crippen LogP contribution in [0.15, 0.2) is 6.20 Å². The van der Waals surface area contributed by atoms with Crippen LogP contribution in [0.4, 0.5) is 5.82 Å². The zero-order valence-corrected chi connectivity index (χ0v) is 11.8. The molecule has 0 spiro atoms. The highest BCUT2D eigenvalue weighted by molar-refractivity contribution is 6.17. The van der Waals surface area contributed by atoms with Crippen molar-refractivity contribution in [3.8, 4) is 0 Å². The minimum absolute atomic E-state index is 0.347. The minimum Gasteiger partial charge on any atom is -0.377 e. The zero-order valence-electron chi connectivity index (χ0n) is 11.0. The fraction of sp³-hybridized carbons (Fsp3) is 0.692. The van der Waals surface area contributed by atoms with Crippen molar-refractivity contribution >= 4 is 17.4 Å². The molecule has 1 fully saturated rings. The zero-order chi connectivity index (χ0) is 13.0. The van der Waals surface area contributed by atoms with E-state index in [4.69, 9.17) is 16.3 Å². The van der Waals surface area contributed by atoms with E-state index in [1.165, 1.54) is 0 Å². The summed E-state index contributed by atoms with van der Waals surface area (Å²) in [5, 5.41) is 0. The van der Waals surface area contributed by atoms with Gasteiger partial charge in [0.05, 0.1) is 30.3 Å². The van der Waals surface area contributed by atoms with Crippen molar-refractivity contribution in [2.75, 3.05) is 30.5 Å². The van der Waals surface area contributed by atoms with Crippen molar-refractivity contribution in [3.05, 3.63) is 17.6 Å². The van der Waals surface area contributed by atoms with Crippen LogP contribution >= 0.6 is 11.6 Å². The summed E-state index contributed by atoms with van der Waals surface area (Å²) in [5.41, 5.74) is 2.01. The molecule has 2 rings (SSSR count). The van der Waals surface area contributed by atoms with Crippen LogP contribution in [0.25, 0.3) is 0 Å². The Hall–Kier alpha value is -0.870. The van der Waals surface area contributed by atoms with Crippen molar-refractivity contribution in [1.29, 1.82) is 0 Å². The van der Waals surface area contributed by atoms with Gasteiger partial charge >= 0.3 is 0 Å². The summed E-state index contributed by atoms with van der Waals surface area (Å²) in [6.45, 7) is 6.59. The number of ether oxygens (including phenoxy) is 1. The van der Waals surface area contributed by atoms with Gasteiger partial charge in [-0.25, -0.2) is 4.98 Å². The summed E-state index contributed by atoms with van der Waals surface area (Å²) in [7, 11) is 0. The molecule has 4 nitrogen and oxygen atoms in total. The first kappa shape index (κ1) is 13.6. The third kappa shape index (κ3) is 3.33. The molecule has 1 saturated heterocycles. The van der Waals surface area contributed by atoms with Gasteiger partial charge in [0.25, 0.3) is 0 Å². The largest absolute Gasteiger partial charge is 0.377 e. The average molecular weight is 270 g/mol. The van der Waals surface area contributed by atoms with Gasteiger partial charge in [0.1, 0.15) is 5.82 Å². The van der Waals surface area contributed by atoms with Gasteiger partial charge < -0.3 is 9.64 Å². The smallest absolute Gasteiger partial charge is 0.147 e. The highest BCUT2D eigenvalue weighted by Gasteiger charge is 2.20. The van der Waals surface area contributed by atoms with Crippen LogP contribution in [0, 0.1) is 13.8 Å². The van der Waals surface area contributed by atoms with E-state index in [0.717, 1.165) is 43.1 Å². The lowest BCUT2D eigenvalue weighted by Crippen LogP contribution is -2.37. The second kappa shape index (κ2) is 6.34. The van der Waals surface area contributed by atoms with Crippen LogP contribution in [0.1, 0.15) is 24.2 Å². The van der Waals surface area contributed by atoms with Crippen molar-refractivity contribution in [1.82, 2.24) is 9.97 Å². The van der Waals surface area contributed by atoms with Gasteiger partial charge in [-0.2, -0.15) is 0 Å². The second-order valence-electron chi connectivity index (χ2n) is 4.65. The Labute approximate surface area is 113 Å². The maximum Gasteiger partial charge on any atom is 0.147 e. The molecular formula is C13H20ClN3O. The predicted molar refractivity (Wildman–Crippen MR) is 73.4 cm³/mol. The molecule has 1 aromatic heterocycles. The number of aryl methyl sites for hydroxylation is 2. The topological polar surface area (TPSA) is 38.2 Å². The average Bonchev–Trinajstić information content (AvgIpc) is 2.40. The summed E-state index contributed by atoms with van der Waals surface area (Å²) in [6, 6.07) is 0. The molecule has 1 aliphatic rings. The highest BCUT2D eigenvalue weighted by Crippen LogP contribution is 2.19. The van der Waals surface area contributed by atoms with Crippen LogP contribution in [0.5, 0.6) is 0 Å². The van der Waals surface area contributed by atoms with E-state index >= 15 is 0 Å². The van der Waals surface area contributed by atoms with Crippen molar-refractivity contribution in [3.63, 3.8) is 0 Å². The molecule has 0 aliphatic carbocycles. The Morgan fingerprint density at radius 1 is 1.33 bits per heavy atom. The maximum atomic E-state index is 5.66. The molecule has 0 aromatic carbocycles. The lowest BCUT2D eigenvalue weighted by Gasteiger charge is -2.32. The lowest BCUT2D eigenvalue weighted by atomic mass is 10.1. The molecule has 2 heterocycles. The fourth-order valence-electron chi connectivity index (χ4n) is 2.14. The molecule has 100 valence electrons. The number of hydrogen-bond acceptors (Lipinski definition) is 4. The summed E-state index contributed by atoms with van der Waals surface area (Å²) in [6.07, 6.45) is 4.28. The van der Waals surface area contributed by atoms with Crippen LogP contribution in [-0.2, 0) is 4.74 Å². The van der Waals surface area contributed by atoms with Gasteiger partial charge in [-0.1, -0.05) is 0 Å². The van der Waals surface area contributed by atoms with Gasteiger partial charge in [-0.3, -0.25) is 4.98 Å². The van der Waals surface area contributed by atoms with E-state index in [0.29, 0.717) is 18.6 Å². The summed E-state index contributed by atoms with van der Waals surface area (Å²) >= 11 is 5.62. The van der Waals surface area contributed by atoms with E-state index in [-0.39, 0.29) is 0 Å². The molecule has 0 N–H and O–H groups in total. The number of nitrogens with zero attached hydrogens (tertiary/aromatic N) is 3. The molecule has 18 heavy (non-hydrogen) atoms. The normalized spacial score (nSPS) is 17.2. The van der Waals surface area contributed by atoms with Crippen molar-refractivity contribution < 1.29 is 4.74 Å². The first-order valence-electron chi connectivity index (χ1n) is 6.43. The molecule has 5 heteroatoms. The van der Waals surface area contributed by atoms with Crippen LogP contribution in [-0.4, -0.2) is 41.6 Å². The standard InChI is InChI=1S/C13H20ClN3O/c1-10-11(2)16-13(9-15-10)17-6-3-12(4-7-17)18-8-5-14/h9,12H,3-8H2,1-2H3. The fourth-order valence-corrected chi connectivity index (χ4v) is 2.23. The number of alkyl halides is 1. The van der Waals surface area contributed by atoms with Crippen molar-refractivity contribution in [2.24, 2.45) is 0 Å². The molecule has 0 amide bonds. The van der Waals surface area contributed by atoms with E-state index in [2.05, 4.69) is 14.9 Å². The number of aromatic nitrogens is 2. The summed E-state index contributed by atoms with van der Waals surface area (Å²) < 4.78 is 5.66. The Morgan fingerprint density at radius 2 is 2.06 bits per heavy atom. The van der Waals surface area contributed by atoms with Gasteiger partial charge in [0, 0.05) is 19.0 Å². The first-order chi connectivity index (χ1) is 8.70. The SMILES string of the molecule is Cc1ncc(N2CCC(OCCCl)CC2)nc1C. The van der Waals surface area contributed by atoms with Gasteiger partial charge in [-0.15, -0.1) is 11.6 Å². The predicted octanol–water partition coefficient (Wildman–Crippen LogP) is 2.32. The van der Waals surface area contributed by atoms with Gasteiger partial charge in [0.15, 0.2) is 0 Å². The number of halogens is 1. The molecule has 1 aliphatic heterocycles. The van der Waals surface area contributed by atoms with Crippen molar-refractivity contribution in [2.45, 2.75) is 32.8 Å². The molecule has 0 unspecified atom stereocenters. The Kier molecular flexibility index (Phi) is 4.78. The summed E-state index contributed by atoms with van der Waals surface area (Å²) in [5.74, 6) is 1.55. The van der Waals surface area contributed by atoms with E-state index in [1.807, 2.05) is 20.0 Å². The minimum atomic E-state index is 0.347. The lowest BCUT2D eigenvalue weighted by molar-refractivity contribution is 0.0471. The third-order valence-corrected chi connectivity index (χ3v) is 3.53. The molecule has 0 atom stereocenters. The quantitative estimate of drug-likeness (QED) is 0.787. The molecular weight excluding hydrogens is 250 g/mol. The van der Waals surface area contributed by atoms with Gasteiger partial charge in [0.2, 0.25) is 0 Å². The summed E-state index contributed by atoms with van der Waals surface area (Å²) in [4.78, 5) is 11.2. The molecule has 0 bridgehead atoms. The Bertz CT molecular complexity index is 392. The van der Waals surface area contributed by atoms with E-state index in [9.17, 15) is 0 Å². The maximum absolute atomic E-state index is 5.66. The molecule has 0 radical (unpaired) electrons. The second-order valence-corrected chi connectivity index (χ2v) is 5.02. The van der Waals surface area contributed by atoms with E-state index in [1.54, 1.807) is 0 Å². The third-order valence-electron chi connectivity index (χ3n) is 3.38. The first-order valence-corrected chi connectivity index (χ1v) is 6.97. The van der Waals surface area contributed by atoms with Gasteiger partial charge in [-0.05, 0) is 26.7 Å². The number of rotatable bonds is 4. The molecule has 1 aromatic rings. The van der Waals surface area contributed by atoms with E-state index < -0.39 is 0 Å². The van der Waals surface area contributed by atoms with Crippen LogP contribution in [0.3, 0.4) is 0 Å². The Morgan fingerprint density at radius 3 is 2.67 bits per heavy atom. The highest BCUT2D eigenvalue weighted by atomic mass is 35.5.